The molecule has 0 saturated carbocycles. The molecule has 2 amide bonds. The van der Waals surface area contributed by atoms with Crippen LogP contribution in [0.3, 0.4) is 0 Å². The van der Waals surface area contributed by atoms with Crippen molar-refractivity contribution in [1.29, 1.82) is 0 Å². The topological polar surface area (TPSA) is 95.7 Å². The fourth-order valence-corrected chi connectivity index (χ4v) is 2.93. The summed E-state index contributed by atoms with van der Waals surface area (Å²) in [7, 11) is 0. The molecule has 0 radical (unpaired) electrons. The number of rotatable bonds is 9. The molecule has 4 N–H and O–H groups in total. The van der Waals surface area contributed by atoms with Crippen LogP contribution in [0.25, 0.3) is 0 Å². The summed E-state index contributed by atoms with van der Waals surface area (Å²) < 4.78 is 14.7. The van der Waals surface area contributed by atoms with E-state index in [1.165, 1.54) is 18.2 Å². The average Bonchev–Trinajstić information content (AvgIpc) is 2.63. The second kappa shape index (κ2) is 10.1. The number of nitrogens with zero attached hydrogens (tertiary/aromatic N) is 1. The highest BCUT2D eigenvalue weighted by atomic mass is 79.9. The van der Waals surface area contributed by atoms with Gasteiger partial charge in [-0.25, -0.2) is 4.39 Å². The summed E-state index contributed by atoms with van der Waals surface area (Å²) in [6, 6.07) is 10.9. The Morgan fingerprint density at radius 2 is 1.85 bits per heavy atom. The zero-order chi connectivity index (χ0) is 19.8. The quantitative estimate of drug-likeness (QED) is 0.561. The molecule has 8 heteroatoms. The van der Waals surface area contributed by atoms with Gasteiger partial charge in [0.05, 0.1) is 6.61 Å². The van der Waals surface area contributed by atoms with Gasteiger partial charge in [0.2, 0.25) is 11.8 Å². The predicted molar refractivity (Wildman–Crippen MR) is 105 cm³/mol. The van der Waals surface area contributed by atoms with Crippen molar-refractivity contribution in [2.75, 3.05) is 25.0 Å². The van der Waals surface area contributed by atoms with Crippen molar-refractivity contribution in [2.24, 2.45) is 5.73 Å². The molecule has 144 valence electrons. The molecule has 0 saturated heterocycles. The van der Waals surface area contributed by atoms with E-state index in [0.717, 1.165) is 4.47 Å². The maximum absolute atomic E-state index is 13.9. The molecule has 2 aromatic carbocycles. The average molecular weight is 438 g/mol. The van der Waals surface area contributed by atoms with Crippen LogP contribution in [0.2, 0.25) is 0 Å². The molecular weight excluding hydrogens is 417 g/mol. The minimum Gasteiger partial charge on any atom is -0.395 e. The van der Waals surface area contributed by atoms with Crippen LogP contribution < -0.4 is 11.1 Å². The predicted octanol–water partition coefficient (Wildman–Crippen LogP) is 2.51. The lowest BCUT2D eigenvalue weighted by Gasteiger charge is -2.21. The van der Waals surface area contributed by atoms with Crippen LogP contribution in [-0.4, -0.2) is 41.5 Å². The van der Waals surface area contributed by atoms with Gasteiger partial charge in [-0.15, -0.1) is 0 Å². The third-order valence-corrected chi connectivity index (χ3v) is 4.42. The van der Waals surface area contributed by atoms with Crippen LogP contribution in [0, 0.1) is 5.82 Å². The highest BCUT2D eigenvalue weighted by Crippen LogP contribution is 2.17. The molecule has 2 rings (SSSR count). The molecule has 0 aromatic heterocycles. The van der Waals surface area contributed by atoms with Crippen LogP contribution in [0.4, 0.5) is 10.1 Å². The monoisotopic (exact) mass is 437 g/mol. The van der Waals surface area contributed by atoms with E-state index >= 15 is 0 Å². The number of amides is 2. The molecule has 0 heterocycles. The number of halogens is 2. The summed E-state index contributed by atoms with van der Waals surface area (Å²) in [6.45, 7) is 0.877. The number of primary amides is 1. The molecule has 0 atom stereocenters. The summed E-state index contributed by atoms with van der Waals surface area (Å²) in [4.78, 5) is 25.0. The first-order chi connectivity index (χ1) is 12.9. The molecule has 0 bridgehead atoms. The highest BCUT2D eigenvalue weighted by Gasteiger charge is 2.12. The lowest BCUT2D eigenvalue weighted by molar-refractivity contribution is -0.116. The summed E-state index contributed by atoms with van der Waals surface area (Å²) in [5.41, 5.74) is 6.57. The number of aliphatic hydroxyl groups excluding tert-OH is 1. The zero-order valence-electron chi connectivity index (χ0n) is 14.6. The Labute approximate surface area is 165 Å². The minimum atomic E-state index is -0.535. The van der Waals surface area contributed by atoms with E-state index in [1.54, 1.807) is 29.2 Å². The Morgan fingerprint density at radius 3 is 2.48 bits per heavy atom. The molecule has 0 aliphatic rings. The number of benzene rings is 2. The van der Waals surface area contributed by atoms with Crippen LogP contribution in [-0.2, 0) is 11.3 Å². The third kappa shape index (κ3) is 6.74. The van der Waals surface area contributed by atoms with Gasteiger partial charge >= 0.3 is 0 Å². The van der Waals surface area contributed by atoms with E-state index in [-0.39, 0.29) is 31.3 Å². The fourth-order valence-electron chi connectivity index (χ4n) is 2.52. The number of nitrogens with two attached hydrogens (primary N) is 1. The Bertz CT molecular complexity index is 799. The molecule has 0 aliphatic heterocycles. The fraction of sp³-hybridized carbons (Fsp3) is 0.263. The van der Waals surface area contributed by atoms with E-state index in [2.05, 4.69) is 21.2 Å². The normalized spacial score (nSPS) is 10.8. The van der Waals surface area contributed by atoms with Crippen molar-refractivity contribution >= 4 is 33.4 Å². The number of carbonyl (C=O) groups is 2. The van der Waals surface area contributed by atoms with E-state index in [1.807, 2.05) is 0 Å². The Morgan fingerprint density at radius 1 is 1.15 bits per heavy atom. The van der Waals surface area contributed by atoms with Gasteiger partial charge in [-0.1, -0.05) is 15.9 Å². The molecule has 0 fully saturated rings. The second-order valence-corrected chi connectivity index (χ2v) is 6.89. The minimum absolute atomic E-state index is 0.0914. The van der Waals surface area contributed by atoms with Crippen molar-refractivity contribution in [2.45, 2.75) is 13.0 Å². The summed E-state index contributed by atoms with van der Waals surface area (Å²) >= 11 is 3.31. The molecular formula is C19H21BrFN3O3. The number of anilines is 1. The second-order valence-electron chi connectivity index (χ2n) is 5.98. The summed E-state index contributed by atoms with van der Waals surface area (Å²) in [5.74, 6) is -1.09. The number of aliphatic hydroxyl groups is 1. The van der Waals surface area contributed by atoms with Gasteiger partial charge in [0, 0.05) is 47.3 Å². The number of hydrogen-bond acceptors (Lipinski definition) is 4. The van der Waals surface area contributed by atoms with Gasteiger partial charge in [0.25, 0.3) is 0 Å². The third-order valence-electron chi connectivity index (χ3n) is 3.93. The van der Waals surface area contributed by atoms with E-state index in [9.17, 15) is 19.1 Å². The first-order valence-electron chi connectivity index (χ1n) is 8.36. The van der Waals surface area contributed by atoms with Crippen molar-refractivity contribution < 1.29 is 19.1 Å². The van der Waals surface area contributed by atoms with Gasteiger partial charge in [-0.3, -0.25) is 14.5 Å². The van der Waals surface area contributed by atoms with Crippen LogP contribution >= 0.6 is 15.9 Å². The maximum Gasteiger partial charge on any atom is 0.248 e. The summed E-state index contributed by atoms with van der Waals surface area (Å²) in [5, 5.41) is 12.0. The molecule has 0 aliphatic carbocycles. The number of nitrogens with one attached hydrogen (secondary N) is 1. The van der Waals surface area contributed by atoms with Crippen LogP contribution in [0.1, 0.15) is 22.3 Å². The van der Waals surface area contributed by atoms with E-state index in [0.29, 0.717) is 29.9 Å². The van der Waals surface area contributed by atoms with Crippen molar-refractivity contribution in [3.8, 4) is 0 Å². The van der Waals surface area contributed by atoms with E-state index in [4.69, 9.17) is 5.73 Å². The smallest absolute Gasteiger partial charge is 0.248 e. The van der Waals surface area contributed by atoms with Gasteiger partial charge < -0.3 is 16.2 Å². The van der Waals surface area contributed by atoms with Crippen LogP contribution in [0.15, 0.2) is 46.9 Å². The first kappa shape index (κ1) is 21.0. The molecule has 27 heavy (non-hydrogen) atoms. The van der Waals surface area contributed by atoms with Crippen molar-refractivity contribution in [1.82, 2.24) is 4.90 Å². The van der Waals surface area contributed by atoms with Gasteiger partial charge in [0.15, 0.2) is 0 Å². The largest absolute Gasteiger partial charge is 0.395 e. The molecule has 0 unspecified atom stereocenters. The zero-order valence-corrected chi connectivity index (χ0v) is 16.2. The maximum atomic E-state index is 13.9. The van der Waals surface area contributed by atoms with E-state index < -0.39 is 5.91 Å². The summed E-state index contributed by atoms with van der Waals surface area (Å²) in [6.07, 6.45) is 0.174. The van der Waals surface area contributed by atoms with Crippen LogP contribution in [0.5, 0.6) is 0 Å². The SMILES string of the molecule is NC(=O)c1ccc(NC(=O)CCN(CCO)Cc2cc(Br)ccc2F)cc1. The molecule has 2 aromatic rings. The molecule has 6 nitrogen and oxygen atoms in total. The van der Waals surface area contributed by atoms with Gasteiger partial charge in [0.1, 0.15) is 5.82 Å². The lowest BCUT2D eigenvalue weighted by Crippen LogP contribution is -2.30. The van der Waals surface area contributed by atoms with Gasteiger partial charge in [-0.05, 0) is 42.5 Å². The molecule has 0 spiro atoms. The first-order valence-corrected chi connectivity index (χ1v) is 9.15. The lowest BCUT2D eigenvalue weighted by atomic mass is 10.2. The Balaban J connectivity index is 1.91. The van der Waals surface area contributed by atoms with Gasteiger partial charge in [-0.2, -0.15) is 0 Å². The number of hydrogen-bond donors (Lipinski definition) is 3. The Hall–Kier alpha value is -2.29. The number of carbonyl (C=O) groups excluding carboxylic acids is 2. The Kier molecular flexibility index (Phi) is 7.90. The van der Waals surface area contributed by atoms with Crippen molar-refractivity contribution in [3.05, 3.63) is 63.9 Å². The van der Waals surface area contributed by atoms with Crippen molar-refractivity contribution in [3.63, 3.8) is 0 Å². The standard InChI is InChI=1S/C19H21BrFN3O3/c20-15-3-6-17(21)14(11-15)12-24(9-10-25)8-7-18(26)23-16-4-1-13(2-5-16)19(22)27/h1-6,11,25H,7-10,12H2,(H2,22,27)(H,23,26). The highest BCUT2D eigenvalue weighted by molar-refractivity contribution is 9.10.